The van der Waals surface area contributed by atoms with Crippen molar-refractivity contribution >= 4 is 34.0 Å². The van der Waals surface area contributed by atoms with Crippen LogP contribution in [0.2, 0.25) is 0 Å². The molecule has 5 heteroatoms. The Morgan fingerprint density at radius 1 is 0.812 bits per heavy atom. The second-order valence-electron chi connectivity index (χ2n) is 7.86. The van der Waals surface area contributed by atoms with Crippen molar-refractivity contribution < 1.29 is 9.59 Å². The number of benzene rings is 3. The number of aromatic nitrogens is 1. The minimum Gasteiger partial charge on any atom is -0.361 e. The number of hydrogen-bond donors (Lipinski definition) is 1. The minimum absolute atomic E-state index is 0.251. The number of carbonyl (C=O) groups is 2. The van der Waals surface area contributed by atoms with Gasteiger partial charge in [-0.1, -0.05) is 66.7 Å². The average molecular weight is 422 g/mol. The van der Waals surface area contributed by atoms with Crippen LogP contribution in [-0.2, 0) is 16.0 Å². The van der Waals surface area contributed by atoms with E-state index in [4.69, 9.17) is 0 Å². The zero-order chi connectivity index (χ0) is 22.1. The van der Waals surface area contributed by atoms with Crippen LogP contribution < -0.4 is 4.90 Å². The lowest BCUT2D eigenvalue weighted by molar-refractivity contribution is -0.136. The van der Waals surface area contributed by atoms with Gasteiger partial charge in [0.15, 0.2) is 0 Å². The van der Waals surface area contributed by atoms with Gasteiger partial charge in [-0.2, -0.15) is 0 Å². The monoisotopic (exact) mass is 421 g/mol. The highest BCUT2D eigenvalue weighted by Crippen LogP contribution is 2.33. The van der Waals surface area contributed by atoms with E-state index < -0.39 is 0 Å². The Hall–Kier alpha value is -4.12. The largest absolute Gasteiger partial charge is 0.361 e. The van der Waals surface area contributed by atoms with Crippen molar-refractivity contribution in [2.45, 2.75) is 6.42 Å². The molecule has 0 spiro atoms. The van der Waals surface area contributed by atoms with Crippen LogP contribution in [0.1, 0.15) is 11.1 Å². The number of nitrogens with zero attached hydrogens (tertiary/aromatic N) is 2. The maximum Gasteiger partial charge on any atom is 0.278 e. The summed E-state index contributed by atoms with van der Waals surface area (Å²) in [5, 5.41) is 1.12. The number of likely N-dealkylation sites (N-methyl/N-ethyl adjacent to an activating group) is 1. The second kappa shape index (κ2) is 8.19. The molecule has 32 heavy (non-hydrogen) atoms. The van der Waals surface area contributed by atoms with Gasteiger partial charge >= 0.3 is 0 Å². The molecular formula is C27H23N3O2. The van der Waals surface area contributed by atoms with Crippen LogP contribution in [0.4, 0.5) is 5.69 Å². The fourth-order valence-electron chi connectivity index (χ4n) is 4.29. The molecule has 0 bridgehead atoms. The summed E-state index contributed by atoms with van der Waals surface area (Å²) in [6, 6.07) is 27.1. The van der Waals surface area contributed by atoms with E-state index in [1.165, 1.54) is 4.90 Å². The molecule has 3 aromatic carbocycles. The van der Waals surface area contributed by atoms with E-state index in [0.29, 0.717) is 24.2 Å². The van der Waals surface area contributed by atoms with E-state index in [2.05, 4.69) is 11.1 Å². The molecular weight excluding hydrogens is 398 g/mol. The first-order valence-corrected chi connectivity index (χ1v) is 10.6. The predicted molar refractivity (Wildman–Crippen MR) is 127 cm³/mol. The minimum atomic E-state index is -0.264. The first-order valence-electron chi connectivity index (χ1n) is 10.6. The number of carbonyl (C=O) groups excluding carboxylic acids is 2. The fraction of sp³-hybridized carbons (Fsp3) is 0.111. The van der Waals surface area contributed by atoms with Crippen LogP contribution >= 0.6 is 0 Å². The Morgan fingerprint density at radius 3 is 2.22 bits per heavy atom. The maximum atomic E-state index is 13.5. The van der Waals surface area contributed by atoms with E-state index in [1.807, 2.05) is 97.0 Å². The summed E-state index contributed by atoms with van der Waals surface area (Å²) in [6.45, 7) is 0.321. The Labute approximate surface area is 186 Å². The molecule has 4 aromatic rings. The molecule has 0 radical (unpaired) electrons. The number of imide groups is 1. The zero-order valence-electron chi connectivity index (χ0n) is 17.8. The van der Waals surface area contributed by atoms with Gasteiger partial charge in [-0.3, -0.25) is 14.5 Å². The Balaban J connectivity index is 1.49. The average Bonchev–Trinajstić information content (AvgIpc) is 3.36. The number of amides is 2. The summed E-state index contributed by atoms with van der Waals surface area (Å²) in [5.74, 6) is -0.515. The molecule has 0 saturated heterocycles. The number of rotatable bonds is 6. The number of aromatic amines is 1. The fourth-order valence-corrected chi connectivity index (χ4v) is 4.29. The summed E-state index contributed by atoms with van der Waals surface area (Å²) in [4.78, 5) is 33.5. The van der Waals surface area contributed by atoms with Gasteiger partial charge < -0.3 is 9.88 Å². The Bertz CT molecular complexity index is 1320. The van der Waals surface area contributed by atoms with Gasteiger partial charge in [-0.05, 0) is 35.7 Å². The van der Waals surface area contributed by atoms with Gasteiger partial charge in [0.1, 0.15) is 5.70 Å². The summed E-state index contributed by atoms with van der Waals surface area (Å²) >= 11 is 0. The lowest BCUT2D eigenvalue weighted by Crippen LogP contribution is -2.35. The van der Waals surface area contributed by atoms with Crippen molar-refractivity contribution in [1.29, 1.82) is 0 Å². The van der Waals surface area contributed by atoms with Crippen molar-refractivity contribution in [3.63, 3.8) is 0 Å². The summed E-state index contributed by atoms with van der Waals surface area (Å²) in [5.41, 5.74) is 4.60. The van der Waals surface area contributed by atoms with E-state index in [0.717, 1.165) is 27.7 Å². The van der Waals surface area contributed by atoms with E-state index >= 15 is 0 Å². The van der Waals surface area contributed by atoms with Crippen LogP contribution in [-0.4, -0.2) is 35.3 Å². The number of nitrogens with one attached hydrogen (secondary N) is 1. The normalized spacial score (nSPS) is 14.0. The molecule has 1 aromatic heterocycles. The Kier molecular flexibility index (Phi) is 5.07. The molecule has 1 N–H and O–H groups in total. The molecule has 5 rings (SSSR count). The molecule has 158 valence electrons. The number of para-hydroxylation sites is 2. The summed E-state index contributed by atoms with van der Waals surface area (Å²) in [7, 11) is 1.84. The van der Waals surface area contributed by atoms with Crippen molar-refractivity contribution in [3.05, 3.63) is 108 Å². The molecule has 2 heterocycles. The molecule has 0 atom stereocenters. The van der Waals surface area contributed by atoms with E-state index in [-0.39, 0.29) is 11.8 Å². The van der Waals surface area contributed by atoms with Crippen LogP contribution in [0.15, 0.2) is 96.8 Å². The van der Waals surface area contributed by atoms with Gasteiger partial charge in [-0.15, -0.1) is 0 Å². The highest BCUT2D eigenvalue weighted by molar-refractivity contribution is 6.36. The zero-order valence-corrected chi connectivity index (χ0v) is 17.8. The van der Waals surface area contributed by atoms with Crippen LogP contribution in [0.25, 0.3) is 16.5 Å². The smallest absolute Gasteiger partial charge is 0.278 e. The first-order chi connectivity index (χ1) is 15.6. The third-order valence-electron chi connectivity index (χ3n) is 5.96. The molecule has 0 saturated carbocycles. The first kappa shape index (κ1) is 19.8. The molecule has 0 unspecified atom stereocenters. The van der Waals surface area contributed by atoms with Crippen molar-refractivity contribution in [2.24, 2.45) is 0 Å². The predicted octanol–water partition coefficient (Wildman–Crippen LogP) is 4.63. The Morgan fingerprint density at radius 2 is 1.47 bits per heavy atom. The summed E-state index contributed by atoms with van der Waals surface area (Å²) in [6.07, 6.45) is 2.55. The van der Waals surface area contributed by atoms with Gasteiger partial charge in [-0.25, -0.2) is 0 Å². The number of H-pyrrole nitrogens is 1. The van der Waals surface area contributed by atoms with Gasteiger partial charge in [0.2, 0.25) is 0 Å². The lowest BCUT2D eigenvalue weighted by atomic mass is 10.0. The lowest BCUT2D eigenvalue weighted by Gasteiger charge is -2.21. The second-order valence-corrected chi connectivity index (χ2v) is 7.86. The van der Waals surface area contributed by atoms with E-state index in [9.17, 15) is 9.59 Å². The van der Waals surface area contributed by atoms with Gasteiger partial charge in [0.25, 0.3) is 11.8 Å². The highest BCUT2D eigenvalue weighted by Gasteiger charge is 2.40. The molecule has 1 aliphatic heterocycles. The van der Waals surface area contributed by atoms with Crippen molar-refractivity contribution in [3.8, 4) is 0 Å². The quantitative estimate of drug-likeness (QED) is 0.462. The van der Waals surface area contributed by atoms with Gasteiger partial charge in [0, 0.05) is 36.4 Å². The van der Waals surface area contributed by atoms with E-state index in [1.54, 1.807) is 0 Å². The maximum absolute atomic E-state index is 13.5. The molecule has 5 nitrogen and oxygen atoms in total. The highest BCUT2D eigenvalue weighted by atomic mass is 16.2. The van der Waals surface area contributed by atoms with Crippen molar-refractivity contribution in [2.75, 3.05) is 18.5 Å². The third kappa shape index (κ3) is 3.38. The van der Waals surface area contributed by atoms with Gasteiger partial charge in [0.05, 0.1) is 5.57 Å². The van der Waals surface area contributed by atoms with Crippen LogP contribution in [0.5, 0.6) is 0 Å². The molecule has 0 fully saturated rings. The van der Waals surface area contributed by atoms with Crippen molar-refractivity contribution in [1.82, 2.24) is 9.88 Å². The topological polar surface area (TPSA) is 56.4 Å². The van der Waals surface area contributed by atoms with Crippen LogP contribution in [0.3, 0.4) is 0 Å². The number of anilines is 1. The molecule has 2 amide bonds. The third-order valence-corrected chi connectivity index (χ3v) is 5.96. The number of fused-ring (bicyclic) bond motifs is 1. The number of hydrogen-bond acceptors (Lipinski definition) is 3. The standard InChI is InChI=1S/C27H23N3O2/c1-29(21-12-6-3-7-13-21)25-24(19-10-4-2-5-11-19)26(31)30(27(25)32)17-16-20-18-28-23-15-9-8-14-22(20)23/h2-15,18,28H,16-17H2,1H3. The molecule has 1 aliphatic rings. The molecule has 0 aliphatic carbocycles. The summed E-state index contributed by atoms with van der Waals surface area (Å²) < 4.78 is 0. The van der Waals surface area contributed by atoms with Crippen LogP contribution in [0, 0.1) is 0 Å². The SMILES string of the molecule is CN(C1=C(c2ccccc2)C(=O)N(CCc2c[nH]c3ccccc23)C1=O)c1ccccc1.